The van der Waals surface area contributed by atoms with Crippen LogP contribution in [-0.4, -0.2) is 5.11 Å². The molecule has 2 aromatic carbocycles. The van der Waals surface area contributed by atoms with E-state index < -0.39 is 0 Å². The average molecular weight is 227 g/mol. The molecule has 0 aliphatic carbocycles. The molecular weight excluding hydrogens is 210 g/mol. The van der Waals surface area contributed by atoms with Crippen LogP contribution in [-0.2, 0) is 13.2 Å². The number of hydrogen-bond acceptors (Lipinski definition) is 1. The molecule has 0 fully saturated rings. The highest BCUT2D eigenvalue weighted by Gasteiger charge is 1.99. The third-order valence-corrected chi connectivity index (χ3v) is 2.78. The minimum atomic E-state index is 0.0940. The van der Waals surface area contributed by atoms with E-state index in [1.54, 1.807) is 0 Å². The van der Waals surface area contributed by atoms with Crippen LogP contribution in [0.2, 0.25) is 0 Å². The van der Waals surface area contributed by atoms with Crippen molar-refractivity contribution in [3.8, 4) is 11.1 Å². The fourth-order valence-corrected chi connectivity index (χ4v) is 1.85. The van der Waals surface area contributed by atoms with Gasteiger partial charge in [0.2, 0.25) is 0 Å². The zero-order chi connectivity index (χ0) is 12.1. The van der Waals surface area contributed by atoms with Crippen molar-refractivity contribution in [3.63, 3.8) is 0 Å². The first-order valence-electron chi connectivity index (χ1n) is 5.73. The maximum atomic E-state index is 9.00. The maximum absolute atomic E-state index is 9.00. The van der Waals surface area contributed by atoms with Crippen molar-refractivity contribution in [2.24, 2.45) is 0 Å². The molecule has 0 atom stereocenters. The standard InChI is InChI=1S/C15H17NO/c1-16-10-13-3-2-4-15(9-13)14-7-5-12(11-17)6-8-14/h2-9,17H,1,10-11,16H2. The van der Waals surface area contributed by atoms with Gasteiger partial charge in [-0.3, -0.25) is 0 Å². The molecule has 88 valence electrons. The highest BCUT2D eigenvalue weighted by Crippen LogP contribution is 2.20. The van der Waals surface area contributed by atoms with Crippen LogP contribution < -0.4 is 5.32 Å². The van der Waals surface area contributed by atoms with E-state index in [1.807, 2.05) is 29.6 Å². The molecule has 0 saturated heterocycles. The summed E-state index contributed by atoms with van der Waals surface area (Å²) in [7, 11) is 3.75. The number of aliphatic hydroxyl groups is 1. The van der Waals surface area contributed by atoms with E-state index in [2.05, 4.69) is 31.3 Å². The van der Waals surface area contributed by atoms with Gasteiger partial charge >= 0.3 is 0 Å². The minimum Gasteiger partial charge on any atom is -0.475 e. The number of quaternary nitrogens is 1. The minimum absolute atomic E-state index is 0.0940. The Kier molecular flexibility index (Phi) is 3.91. The van der Waals surface area contributed by atoms with Crippen molar-refractivity contribution in [2.75, 3.05) is 0 Å². The Morgan fingerprint density at radius 3 is 2.35 bits per heavy atom. The fraction of sp³-hybridized carbons (Fsp3) is 0.133. The van der Waals surface area contributed by atoms with Gasteiger partial charge in [-0.25, -0.2) is 0 Å². The number of hydrogen-bond donors (Lipinski definition) is 2. The van der Waals surface area contributed by atoms with E-state index >= 15 is 0 Å². The van der Waals surface area contributed by atoms with E-state index in [0.29, 0.717) is 0 Å². The molecule has 0 saturated carbocycles. The van der Waals surface area contributed by atoms with Crippen LogP contribution in [0.3, 0.4) is 0 Å². The number of aliphatic hydroxyl groups excluding tert-OH is 1. The molecule has 0 amide bonds. The monoisotopic (exact) mass is 227 g/mol. The van der Waals surface area contributed by atoms with Gasteiger partial charge in [0.1, 0.15) is 0 Å². The summed E-state index contributed by atoms with van der Waals surface area (Å²) in [5.41, 5.74) is 4.58. The largest absolute Gasteiger partial charge is 0.475 e. The van der Waals surface area contributed by atoms with Crippen molar-refractivity contribution >= 4 is 0 Å². The molecule has 0 unspecified atom stereocenters. The summed E-state index contributed by atoms with van der Waals surface area (Å²) in [4.78, 5) is 0. The second kappa shape index (κ2) is 5.62. The summed E-state index contributed by atoms with van der Waals surface area (Å²) in [5.74, 6) is 0. The summed E-state index contributed by atoms with van der Waals surface area (Å²) >= 11 is 0. The molecule has 0 bridgehead atoms. The van der Waals surface area contributed by atoms with Crippen LogP contribution in [0.5, 0.6) is 0 Å². The number of benzene rings is 2. The third kappa shape index (κ3) is 2.93. The maximum Gasteiger partial charge on any atom is 0.0773 e. The smallest absolute Gasteiger partial charge is 0.0773 e. The Morgan fingerprint density at radius 1 is 0.941 bits per heavy atom. The van der Waals surface area contributed by atoms with Crippen LogP contribution in [0.25, 0.3) is 11.1 Å². The van der Waals surface area contributed by atoms with E-state index in [0.717, 1.165) is 12.1 Å². The number of nitrogens with two attached hydrogens (primary N) is 1. The highest BCUT2D eigenvalue weighted by molar-refractivity contribution is 5.64. The van der Waals surface area contributed by atoms with Crippen LogP contribution >= 0.6 is 0 Å². The molecule has 2 nitrogen and oxygen atoms in total. The molecule has 3 N–H and O–H groups in total. The summed E-state index contributed by atoms with van der Waals surface area (Å²) in [6.07, 6.45) is 0. The quantitative estimate of drug-likeness (QED) is 0.766. The Bertz CT molecular complexity index is 477. The molecular formula is C15H17NO. The first kappa shape index (κ1) is 11.8. The van der Waals surface area contributed by atoms with Crippen LogP contribution in [0, 0.1) is 7.05 Å². The molecule has 0 heterocycles. The van der Waals surface area contributed by atoms with Crippen molar-refractivity contribution in [1.82, 2.24) is 0 Å². The normalized spacial score (nSPS) is 10.5. The van der Waals surface area contributed by atoms with Gasteiger partial charge in [0.05, 0.1) is 13.2 Å². The van der Waals surface area contributed by atoms with Gasteiger partial charge < -0.3 is 10.4 Å². The Balaban J connectivity index is 2.28. The van der Waals surface area contributed by atoms with Crippen molar-refractivity contribution in [2.45, 2.75) is 13.2 Å². The zero-order valence-corrected chi connectivity index (χ0v) is 9.76. The van der Waals surface area contributed by atoms with Crippen LogP contribution in [0.15, 0.2) is 48.5 Å². The van der Waals surface area contributed by atoms with Gasteiger partial charge in [-0.05, 0) is 22.8 Å². The molecule has 17 heavy (non-hydrogen) atoms. The summed E-state index contributed by atoms with van der Waals surface area (Å²) < 4.78 is 0. The van der Waals surface area contributed by atoms with Crippen molar-refractivity contribution in [1.29, 1.82) is 0 Å². The van der Waals surface area contributed by atoms with Crippen molar-refractivity contribution < 1.29 is 10.4 Å². The summed E-state index contributed by atoms with van der Waals surface area (Å²) in [6.45, 7) is 0.985. The first-order chi connectivity index (χ1) is 8.33. The topological polar surface area (TPSA) is 36.8 Å². The van der Waals surface area contributed by atoms with Gasteiger partial charge in [-0.15, -0.1) is 0 Å². The lowest BCUT2D eigenvalue weighted by molar-refractivity contribution is -0.612. The van der Waals surface area contributed by atoms with Gasteiger partial charge in [-0.1, -0.05) is 42.5 Å². The van der Waals surface area contributed by atoms with E-state index in [4.69, 9.17) is 5.11 Å². The molecule has 2 heteroatoms. The van der Waals surface area contributed by atoms with Crippen molar-refractivity contribution in [3.05, 3.63) is 66.7 Å². The second-order valence-electron chi connectivity index (χ2n) is 4.05. The average Bonchev–Trinajstić information content (AvgIpc) is 2.40. The van der Waals surface area contributed by atoms with E-state index in [9.17, 15) is 0 Å². The van der Waals surface area contributed by atoms with Gasteiger partial charge in [0.15, 0.2) is 0 Å². The Morgan fingerprint density at radius 2 is 1.71 bits per heavy atom. The first-order valence-corrected chi connectivity index (χ1v) is 5.73. The highest BCUT2D eigenvalue weighted by atomic mass is 16.3. The molecule has 2 rings (SSSR count). The lowest BCUT2D eigenvalue weighted by atomic mass is 10.0. The Hall–Kier alpha value is -1.64. The molecule has 0 spiro atoms. The van der Waals surface area contributed by atoms with Crippen LogP contribution in [0.1, 0.15) is 11.1 Å². The molecule has 0 aliphatic heterocycles. The summed E-state index contributed by atoms with van der Waals surface area (Å²) in [6, 6.07) is 16.4. The fourth-order valence-electron chi connectivity index (χ4n) is 1.85. The molecule has 2 aromatic rings. The van der Waals surface area contributed by atoms with Gasteiger partial charge in [0, 0.05) is 5.56 Å². The molecule has 0 aromatic heterocycles. The van der Waals surface area contributed by atoms with E-state index in [1.165, 1.54) is 16.7 Å². The van der Waals surface area contributed by atoms with Gasteiger partial charge in [-0.2, -0.15) is 7.05 Å². The predicted molar refractivity (Wildman–Crippen MR) is 68.8 cm³/mol. The second-order valence-corrected chi connectivity index (χ2v) is 4.05. The number of rotatable bonds is 4. The lowest BCUT2D eigenvalue weighted by Gasteiger charge is -2.06. The van der Waals surface area contributed by atoms with E-state index in [-0.39, 0.29) is 6.61 Å². The van der Waals surface area contributed by atoms with Gasteiger partial charge in [0.25, 0.3) is 0 Å². The SMILES string of the molecule is [CH2-][NH2+]Cc1cccc(-c2ccc(CO)cc2)c1. The lowest BCUT2D eigenvalue weighted by Crippen LogP contribution is -2.74. The summed E-state index contributed by atoms with van der Waals surface area (Å²) in [5, 5.41) is 10.9. The molecule has 0 radical (unpaired) electrons. The van der Waals surface area contributed by atoms with Crippen LogP contribution in [0.4, 0.5) is 0 Å². The molecule has 0 aliphatic rings. The zero-order valence-electron chi connectivity index (χ0n) is 9.76. The third-order valence-electron chi connectivity index (χ3n) is 2.78. The Labute approximate surface area is 102 Å². The predicted octanol–water partition coefficient (Wildman–Crippen LogP) is 1.70.